The van der Waals surface area contributed by atoms with E-state index >= 15 is 0 Å². The molecule has 0 amide bonds. The lowest BCUT2D eigenvalue weighted by Crippen LogP contribution is -2.03. The highest BCUT2D eigenvalue weighted by atomic mass is 32.1. The lowest BCUT2D eigenvalue weighted by atomic mass is 10.1. The Labute approximate surface area is 82.4 Å². The highest BCUT2D eigenvalue weighted by Gasteiger charge is 2.10. The lowest BCUT2D eigenvalue weighted by molar-refractivity contribution is 0.708. The lowest BCUT2D eigenvalue weighted by Gasteiger charge is -2.05. The minimum absolute atomic E-state index is 0.450. The fourth-order valence-electron chi connectivity index (χ4n) is 1.82. The Bertz CT molecular complexity index is 370. The summed E-state index contributed by atoms with van der Waals surface area (Å²) in [6.45, 7) is 0. The normalized spacial score (nSPS) is 16.3. The second kappa shape index (κ2) is 3.46. The molecule has 0 saturated carbocycles. The van der Waals surface area contributed by atoms with Gasteiger partial charge < -0.3 is 10.7 Å². The van der Waals surface area contributed by atoms with Gasteiger partial charge in [-0.05, 0) is 25.7 Å². The molecule has 1 aromatic rings. The summed E-state index contributed by atoms with van der Waals surface area (Å²) in [5.41, 5.74) is 8.01. The van der Waals surface area contributed by atoms with Crippen LogP contribution in [0.25, 0.3) is 0 Å². The largest absolute Gasteiger partial charge is 0.369 e. The molecule has 0 bridgehead atoms. The van der Waals surface area contributed by atoms with Crippen LogP contribution < -0.4 is 5.73 Å². The zero-order valence-corrected chi connectivity index (χ0v) is 8.28. The standard InChI is InChI=1S/C9H13N3S/c10-9-11-7-5-3-1-2-4-6(7)8(13)12-9/h1-5H2,(H3,10,11,12,13). The van der Waals surface area contributed by atoms with Crippen molar-refractivity contribution in [3.8, 4) is 0 Å². The Hall–Kier alpha value is -0.900. The summed E-state index contributed by atoms with van der Waals surface area (Å²) in [4.78, 5) is 7.17. The highest BCUT2D eigenvalue weighted by molar-refractivity contribution is 7.71. The Morgan fingerprint density at radius 3 is 2.85 bits per heavy atom. The molecule has 0 fully saturated rings. The van der Waals surface area contributed by atoms with Crippen LogP contribution in [-0.2, 0) is 12.8 Å². The van der Waals surface area contributed by atoms with Crippen molar-refractivity contribution < 1.29 is 0 Å². The molecule has 1 aromatic heterocycles. The number of aryl methyl sites for hydroxylation is 1. The number of nitrogens with two attached hydrogens (primary N) is 1. The fourth-order valence-corrected chi connectivity index (χ4v) is 2.14. The predicted octanol–water partition coefficient (Wildman–Crippen LogP) is 1.99. The molecule has 0 aliphatic heterocycles. The van der Waals surface area contributed by atoms with E-state index in [2.05, 4.69) is 9.97 Å². The van der Waals surface area contributed by atoms with E-state index in [1.807, 2.05) is 0 Å². The van der Waals surface area contributed by atoms with E-state index in [9.17, 15) is 0 Å². The van der Waals surface area contributed by atoms with Crippen LogP contribution in [0, 0.1) is 4.64 Å². The summed E-state index contributed by atoms with van der Waals surface area (Å²) >= 11 is 5.18. The van der Waals surface area contributed by atoms with Gasteiger partial charge in [0.25, 0.3) is 0 Å². The number of aromatic nitrogens is 2. The van der Waals surface area contributed by atoms with E-state index in [-0.39, 0.29) is 0 Å². The molecule has 70 valence electrons. The first kappa shape index (κ1) is 8.69. The minimum Gasteiger partial charge on any atom is -0.369 e. The molecule has 4 heteroatoms. The fraction of sp³-hybridized carbons (Fsp3) is 0.556. The minimum atomic E-state index is 0.450. The Balaban J connectivity index is 2.53. The number of rotatable bonds is 0. The molecule has 3 N–H and O–H groups in total. The Morgan fingerprint density at radius 1 is 1.23 bits per heavy atom. The summed E-state index contributed by atoms with van der Waals surface area (Å²) in [7, 11) is 0. The molecule has 13 heavy (non-hydrogen) atoms. The van der Waals surface area contributed by atoms with Gasteiger partial charge in [-0.15, -0.1) is 0 Å². The molecule has 1 aliphatic carbocycles. The second-order valence-electron chi connectivity index (χ2n) is 3.44. The quantitative estimate of drug-likeness (QED) is 0.491. The first-order chi connectivity index (χ1) is 6.27. The Morgan fingerprint density at radius 2 is 2.00 bits per heavy atom. The summed E-state index contributed by atoms with van der Waals surface area (Å²) in [5.74, 6) is 0.450. The average Bonchev–Trinajstić information content (AvgIpc) is 2.28. The SMILES string of the molecule is Nc1nc(=S)c2c([nH]1)CCCCC2. The van der Waals surface area contributed by atoms with Crippen LogP contribution in [0.5, 0.6) is 0 Å². The van der Waals surface area contributed by atoms with Crippen molar-refractivity contribution in [2.24, 2.45) is 0 Å². The van der Waals surface area contributed by atoms with E-state index in [1.165, 1.54) is 30.5 Å². The van der Waals surface area contributed by atoms with Crippen LogP contribution in [0.1, 0.15) is 30.5 Å². The molecule has 0 atom stereocenters. The number of H-pyrrole nitrogens is 1. The van der Waals surface area contributed by atoms with Crippen molar-refractivity contribution in [3.63, 3.8) is 0 Å². The smallest absolute Gasteiger partial charge is 0.198 e. The van der Waals surface area contributed by atoms with Gasteiger partial charge in [-0.2, -0.15) is 0 Å². The molecule has 1 heterocycles. The van der Waals surface area contributed by atoms with Crippen LogP contribution in [0.2, 0.25) is 0 Å². The van der Waals surface area contributed by atoms with Crippen LogP contribution in [-0.4, -0.2) is 9.97 Å². The van der Waals surface area contributed by atoms with Gasteiger partial charge in [0.2, 0.25) is 0 Å². The van der Waals surface area contributed by atoms with Gasteiger partial charge in [0.1, 0.15) is 4.64 Å². The van der Waals surface area contributed by atoms with Gasteiger partial charge in [0, 0.05) is 11.3 Å². The van der Waals surface area contributed by atoms with Crippen molar-refractivity contribution in [2.75, 3.05) is 5.73 Å². The van der Waals surface area contributed by atoms with Gasteiger partial charge in [-0.25, -0.2) is 4.98 Å². The third-order valence-corrected chi connectivity index (χ3v) is 2.81. The van der Waals surface area contributed by atoms with E-state index in [0.717, 1.165) is 12.8 Å². The summed E-state index contributed by atoms with van der Waals surface area (Å²) in [6.07, 6.45) is 5.83. The second-order valence-corrected chi connectivity index (χ2v) is 3.83. The van der Waals surface area contributed by atoms with Crippen molar-refractivity contribution in [2.45, 2.75) is 32.1 Å². The molecule has 0 aromatic carbocycles. The average molecular weight is 195 g/mol. The maximum absolute atomic E-state index is 5.60. The number of aromatic amines is 1. The maximum Gasteiger partial charge on any atom is 0.198 e. The first-order valence-corrected chi connectivity index (χ1v) is 5.06. The van der Waals surface area contributed by atoms with Gasteiger partial charge in [0.15, 0.2) is 5.95 Å². The highest BCUT2D eigenvalue weighted by Crippen LogP contribution is 2.19. The van der Waals surface area contributed by atoms with E-state index in [4.69, 9.17) is 18.0 Å². The van der Waals surface area contributed by atoms with Gasteiger partial charge >= 0.3 is 0 Å². The molecule has 1 aliphatic rings. The van der Waals surface area contributed by atoms with Crippen molar-refractivity contribution in [1.82, 2.24) is 9.97 Å². The zero-order chi connectivity index (χ0) is 9.26. The number of hydrogen-bond donors (Lipinski definition) is 2. The summed E-state index contributed by atoms with van der Waals surface area (Å²) in [5, 5.41) is 0. The number of anilines is 1. The monoisotopic (exact) mass is 195 g/mol. The van der Waals surface area contributed by atoms with Crippen molar-refractivity contribution in [1.29, 1.82) is 0 Å². The predicted molar refractivity (Wildman–Crippen MR) is 55.1 cm³/mol. The number of nitrogens with zero attached hydrogens (tertiary/aromatic N) is 1. The summed E-state index contributed by atoms with van der Waals surface area (Å²) < 4.78 is 0.688. The molecular weight excluding hydrogens is 182 g/mol. The Kier molecular flexibility index (Phi) is 2.31. The van der Waals surface area contributed by atoms with Crippen molar-refractivity contribution >= 4 is 18.2 Å². The molecule has 2 rings (SSSR count). The van der Waals surface area contributed by atoms with Gasteiger partial charge in [-0.3, -0.25) is 0 Å². The number of nitrogens with one attached hydrogen (secondary N) is 1. The number of hydrogen-bond acceptors (Lipinski definition) is 3. The van der Waals surface area contributed by atoms with Gasteiger partial charge in [0.05, 0.1) is 0 Å². The van der Waals surface area contributed by atoms with E-state index in [0.29, 0.717) is 10.6 Å². The van der Waals surface area contributed by atoms with E-state index < -0.39 is 0 Å². The molecular formula is C9H13N3S. The van der Waals surface area contributed by atoms with Gasteiger partial charge in [-0.1, -0.05) is 18.6 Å². The van der Waals surface area contributed by atoms with Crippen LogP contribution in [0.15, 0.2) is 0 Å². The molecule has 0 radical (unpaired) electrons. The first-order valence-electron chi connectivity index (χ1n) is 4.65. The molecule has 3 nitrogen and oxygen atoms in total. The number of fused-ring (bicyclic) bond motifs is 1. The van der Waals surface area contributed by atoms with Crippen molar-refractivity contribution in [3.05, 3.63) is 15.9 Å². The molecule has 0 unspecified atom stereocenters. The third kappa shape index (κ3) is 1.72. The van der Waals surface area contributed by atoms with Crippen LogP contribution in [0.4, 0.5) is 5.95 Å². The molecule has 0 saturated heterocycles. The van der Waals surface area contributed by atoms with Crippen LogP contribution >= 0.6 is 12.2 Å². The molecule has 0 spiro atoms. The topological polar surface area (TPSA) is 54.7 Å². The number of nitrogen functional groups attached to an aromatic ring is 1. The third-order valence-electron chi connectivity index (χ3n) is 2.48. The summed E-state index contributed by atoms with van der Waals surface area (Å²) in [6, 6.07) is 0. The maximum atomic E-state index is 5.60. The zero-order valence-electron chi connectivity index (χ0n) is 7.47. The van der Waals surface area contributed by atoms with Crippen LogP contribution in [0.3, 0.4) is 0 Å². The van der Waals surface area contributed by atoms with E-state index in [1.54, 1.807) is 0 Å².